The van der Waals surface area contributed by atoms with Crippen molar-refractivity contribution >= 4 is 34.3 Å². The average Bonchev–Trinajstić information content (AvgIpc) is 3.14. The number of nitrogens with zero attached hydrogens (tertiary/aromatic N) is 1. The maximum atomic E-state index is 12.9. The van der Waals surface area contributed by atoms with E-state index in [2.05, 4.69) is 5.32 Å². The van der Waals surface area contributed by atoms with E-state index >= 15 is 0 Å². The van der Waals surface area contributed by atoms with Crippen molar-refractivity contribution in [2.45, 2.75) is 27.4 Å². The molecule has 0 spiro atoms. The van der Waals surface area contributed by atoms with E-state index in [1.54, 1.807) is 32.0 Å². The molecule has 1 N–H and O–H groups in total. The lowest BCUT2D eigenvalue weighted by atomic mass is 10.1. The molecule has 2 aromatic carbocycles. The van der Waals surface area contributed by atoms with Crippen molar-refractivity contribution in [3.63, 3.8) is 0 Å². The smallest absolute Gasteiger partial charge is 0.341 e. The van der Waals surface area contributed by atoms with Crippen LogP contribution in [0, 0.1) is 25.2 Å². The molecule has 0 unspecified atom stereocenters. The largest absolute Gasteiger partial charge is 0.493 e. The van der Waals surface area contributed by atoms with Crippen LogP contribution in [0.25, 0.3) is 6.08 Å². The number of thiophene rings is 1. The Kier molecular flexibility index (Phi) is 8.65. The van der Waals surface area contributed by atoms with Gasteiger partial charge in [0, 0.05) is 4.88 Å². The van der Waals surface area contributed by atoms with Crippen molar-refractivity contribution in [2.24, 2.45) is 0 Å². The standard InChI is InChI=1S/C27H26N2O5S/c1-5-33-27(31)24-17(2)18(3)35-26(24)29-25(30)21(15-28)13-20-11-12-22(23(14-20)32-4)34-16-19-9-7-6-8-10-19/h6-14H,5,16H2,1-4H3,(H,29,30)/b21-13+. The van der Waals surface area contributed by atoms with Crippen molar-refractivity contribution < 1.29 is 23.8 Å². The number of rotatable bonds is 9. The number of hydrogen-bond donors (Lipinski definition) is 1. The van der Waals surface area contributed by atoms with Gasteiger partial charge in [0.15, 0.2) is 11.5 Å². The lowest BCUT2D eigenvalue weighted by Gasteiger charge is -2.11. The fourth-order valence-electron chi connectivity index (χ4n) is 3.28. The van der Waals surface area contributed by atoms with Crippen LogP contribution in [-0.4, -0.2) is 25.6 Å². The number of aryl methyl sites for hydroxylation is 1. The molecule has 1 aromatic heterocycles. The summed E-state index contributed by atoms with van der Waals surface area (Å²) in [6.45, 7) is 5.96. The van der Waals surface area contributed by atoms with Gasteiger partial charge in [-0.3, -0.25) is 4.79 Å². The van der Waals surface area contributed by atoms with Crippen LogP contribution in [0.2, 0.25) is 0 Å². The monoisotopic (exact) mass is 490 g/mol. The molecular weight excluding hydrogens is 464 g/mol. The van der Waals surface area contributed by atoms with Gasteiger partial charge < -0.3 is 19.5 Å². The summed E-state index contributed by atoms with van der Waals surface area (Å²) in [7, 11) is 1.52. The summed E-state index contributed by atoms with van der Waals surface area (Å²) in [4.78, 5) is 26.1. The number of methoxy groups -OCH3 is 1. The van der Waals surface area contributed by atoms with E-state index in [0.29, 0.717) is 34.2 Å². The summed E-state index contributed by atoms with van der Waals surface area (Å²) >= 11 is 1.26. The Bertz CT molecular complexity index is 1290. The van der Waals surface area contributed by atoms with Gasteiger partial charge in [0.25, 0.3) is 5.91 Å². The first-order valence-corrected chi connectivity index (χ1v) is 11.7. The first-order chi connectivity index (χ1) is 16.9. The predicted molar refractivity (Wildman–Crippen MR) is 136 cm³/mol. The zero-order valence-corrected chi connectivity index (χ0v) is 20.8. The number of anilines is 1. The quantitative estimate of drug-likeness (QED) is 0.236. The summed E-state index contributed by atoms with van der Waals surface area (Å²) in [5, 5.41) is 12.7. The first-order valence-electron chi connectivity index (χ1n) is 10.9. The summed E-state index contributed by atoms with van der Waals surface area (Å²) in [5.41, 5.74) is 2.53. The highest BCUT2D eigenvalue weighted by atomic mass is 32.1. The normalized spacial score (nSPS) is 10.9. The second-order valence-electron chi connectivity index (χ2n) is 7.52. The molecule has 0 fully saturated rings. The van der Waals surface area contributed by atoms with Crippen molar-refractivity contribution in [2.75, 3.05) is 19.0 Å². The fraction of sp³-hybridized carbons (Fsp3) is 0.222. The van der Waals surface area contributed by atoms with Crippen LogP contribution in [0.3, 0.4) is 0 Å². The number of benzene rings is 2. The topological polar surface area (TPSA) is 97.7 Å². The van der Waals surface area contributed by atoms with Crippen LogP contribution in [0.5, 0.6) is 11.5 Å². The van der Waals surface area contributed by atoms with E-state index in [1.165, 1.54) is 24.5 Å². The highest BCUT2D eigenvalue weighted by Gasteiger charge is 2.23. The van der Waals surface area contributed by atoms with Gasteiger partial charge in [0.2, 0.25) is 0 Å². The molecule has 0 saturated heterocycles. The third kappa shape index (κ3) is 6.28. The second-order valence-corrected chi connectivity index (χ2v) is 8.74. The van der Waals surface area contributed by atoms with E-state index in [4.69, 9.17) is 14.2 Å². The summed E-state index contributed by atoms with van der Waals surface area (Å²) in [5.74, 6) is -0.118. The van der Waals surface area contributed by atoms with Crippen LogP contribution < -0.4 is 14.8 Å². The minimum atomic E-state index is -0.623. The number of nitriles is 1. The number of nitrogens with one attached hydrogen (secondary N) is 1. The van der Waals surface area contributed by atoms with Crippen molar-refractivity contribution in [3.05, 3.63) is 81.2 Å². The van der Waals surface area contributed by atoms with E-state index in [1.807, 2.05) is 43.3 Å². The minimum absolute atomic E-state index is 0.122. The lowest BCUT2D eigenvalue weighted by Crippen LogP contribution is -2.16. The van der Waals surface area contributed by atoms with E-state index in [-0.39, 0.29) is 12.2 Å². The molecule has 1 amide bonds. The lowest BCUT2D eigenvalue weighted by molar-refractivity contribution is -0.112. The molecule has 0 atom stereocenters. The van der Waals surface area contributed by atoms with Gasteiger partial charge in [-0.05, 0) is 55.7 Å². The highest BCUT2D eigenvalue weighted by molar-refractivity contribution is 7.16. The van der Waals surface area contributed by atoms with Crippen LogP contribution in [0.1, 0.15) is 38.8 Å². The Hall–Kier alpha value is -4.09. The van der Waals surface area contributed by atoms with Gasteiger partial charge >= 0.3 is 5.97 Å². The molecule has 3 rings (SSSR count). The molecule has 35 heavy (non-hydrogen) atoms. The summed E-state index contributed by atoms with van der Waals surface area (Å²) in [6, 6.07) is 16.8. The molecule has 0 saturated carbocycles. The van der Waals surface area contributed by atoms with Gasteiger partial charge in [-0.25, -0.2) is 4.79 Å². The van der Waals surface area contributed by atoms with Crippen molar-refractivity contribution in [1.82, 2.24) is 0 Å². The molecule has 7 nitrogen and oxygen atoms in total. The molecular formula is C27H26N2O5S. The Morgan fingerprint density at radius 2 is 1.86 bits per heavy atom. The number of amides is 1. The number of hydrogen-bond acceptors (Lipinski definition) is 7. The molecule has 0 aliphatic carbocycles. The van der Waals surface area contributed by atoms with Crippen LogP contribution in [-0.2, 0) is 16.1 Å². The van der Waals surface area contributed by atoms with Gasteiger partial charge in [-0.1, -0.05) is 36.4 Å². The molecule has 0 radical (unpaired) electrons. The maximum absolute atomic E-state index is 12.9. The predicted octanol–water partition coefficient (Wildman–Crippen LogP) is 5.67. The van der Waals surface area contributed by atoms with Gasteiger partial charge in [0.1, 0.15) is 23.3 Å². The third-order valence-corrected chi connectivity index (χ3v) is 6.32. The molecule has 3 aromatic rings. The highest BCUT2D eigenvalue weighted by Crippen LogP contribution is 2.34. The van der Waals surface area contributed by atoms with Crippen LogP contribution in [0.15, 0.2) is 54.1 Å². The van der Waals surface area contributed by atoms with Gasteiger partial charge in [-0.2, -0.15) is 5.26 Å². The Balaban J connectivity index is 1.80. The Labute approximate surface area is 208 Å². The van der Waals surface area contributed by atoms with Gasteiger partial charge in [0.05, 0.1) is 19.3 Å². The zero-order valence-electron chi connectivity index (χ0n) is 20.0. The number of carbonyl (C=O) groups excluding carboxylic acids is 2. The molecule has 1 heterocycles. The first kappa shape index (κ1) is 25.5. The zero-order chi connectivity index (χ0) is 25.4. The van der Waals surface area contributed by atoms with E-state index in [0.717, 1.165) is 16.0 Å². The average molecular weight is 491 g/mol. The summed E-state index contributed by atoms with van der Waals surface area (Å²) < 4.78 is 16.4. The maximum Gasteiger partial charge on any atom is 0.341 e. The molecule has 8 heteroatoms. The fourth-order valence-corrected chi connectivity index (χ4v) is 4.32. The van der Waals surface area contributed by atoms with Crippen molar-refractivity contribution in [1.29, 1.82) is 5.26 Å². The second kappa shape index (κ2) is 11.9. The molecule has 180 valence electrons. The SMILES string of the molecule is CCOC(=O)c1c(NC(=O)/C(C#N)=C/c2ccc(OCc3ccccc3)c(OC)c2)sc(C)c1C. The third-order valence-electron chi connectivity index (χ3n) is 5.19. The number of carbonyl (C=O) groups is 2. The minimum Gasteiger partial charge on any atom is -0.493 e. The Morgan fingerprint density at radius 3 is 2.51 bits per heavy atom. The summed E-state index contributed by atoms with van der Waals surface area (Å²) in [6.07, 6.45) is 1.45. The van der Waals surface area contributed by atoms with Crippen LogP contribution >= 0.6 is 11.3 Å². The molecule has 0 aliphatic rings. The number of ether oxygens (including phenoxy) is 3. The van der Waals surface area contributed by atoms with Crippen molar-refractivity contribution in [3.8, 4) is 17.6 Å². The van der Waals surface area contributed by atoms with Gasteiger partial charge in [-0.15, -0.1) is 11.3 Å². The van der Waals surface area contributed by atoms with E-state index in [9.17, 15) is 14.9 Å². The number of esters is 1. The Morgan fingerprint density at radius 1 is 1.11 bits per heavy atom. The van der Waals surface area contributed by atoms with Crippen LogP contribution in [0.4, 0.5) is 5.00 Å². The molecule has 0 aliphatic heterocycles. The van der Waals surface area contributed by atoms with E-state index < -0.39 is 11.9 Å². The molecule has 0 bridgehead atoms.